The van der Waals surface area contributed by atoms with E-state index in [9.17, 15) is 0 Å². The Morgan fingerprint density at radius 3 is 1.00 bits per heavy atom. The highest BCUT2D eigenvalue weighted by atomic mass is 35.5. The summed E-state index contributed by atoms with van der Waals surface area (Å²) in [4.78, 5) is 0. The Hall–Kier alpha value is 0.540. The zero-order chi connectivity index (χ0) is 5.86. The third kappa shape index (κ3) is 17.7. The lowest BCUT2D eigenvalue weighted by Gasteiger charge is -2.09. The highest BCUT2D eigenvalue weighted by Crippen LogP contribution is 1.93. The van der Waals surface area contributed by atoms with E-state index >= 15 is 0 Å². The third-order valence-electron chi connectivity index (χ3n) is 0.544. The van der Waals surface area contributed by atoms with Crippen LogP contribution in [0.4, 0.5) is 0 Å². The standard InChI is InChI=1S/C6H14O.2ClH/c1-5(2)7-6(3)4;;/h5-6H,1-4H3;2*1H. The second kappa shape index (κ2) is 8.54. The molecule has 0 rings (SSSR count). The van der Waals surface area contributed by atoms with Crippen molar-refractivity contribution in [2.75, 3.05) is 0 Å². The predicted molar refractivity (Wildman–Crippen MR) is 45.9 cm³/mol. The number of ether oxygens (including phenoxy) is 1. The molecule has 0 radical (unpaired) electrons. The Morgan fingerprint density at radius 2 is 1.00 bits per heavy atom. The molecule has 0 aliphatic heterocycles. The molecule has 1 nitrogen and oxygen atoms in total. The van der Waals surface area contributed by atoms with Crippen molar-refractivity contribution in [2.45, 2.75) is 39.9 Å². The lowest BCUT2D eigenvalue weighted by molar-refractivity contribution is 0.0300. The summed E-state index contributed by atoms with van der Waals surface area (Å²) in [5.74, 6) is 0. The molecule has 0 bridgehead atoms. The van der Waals surface area contributed by atoms with E-state index in [1.807, 2.05) is 27.7 Å². The van der Waals surface area contributed by atoms with E-state index in [2.05, 4.69) is 0 Å². The van der Waals surface area contributed by atoms with Crippen LogP contribution in [0.15, 0.2) is 0 Å². The van der Waals surface area contributed by atoms with Crippen LogP contribution in [-0.4, -0.2) is 12.2 Å². The normalized spacial score (nSPS) is 8.67. The number of rotatable bonds is 2. The van der Waals surface area contributed by atoms with E-state index < -0.39 is 0 Å². The van der Waals surface area contributed by atoms with Gasteiger partial charge >= 0.3 is 0 Å². The molecule has 0 heterocycles. The number of halogens is 2. The van der Waals surface area contributed by atoms with Crippen molar-refractivity contribution in [2.24, 2.45) is 0 Å². The fourth-order valence-corrected chi connectivity index (χ4v) is 0.544. The van der Waals surface area contributed by atoms with Crippen molar-refractivity contribution in [3.05, 3.63) is 0 Å². The van der Waals surface area contributed by atoms with Crippen LogP contribution in [0.1, 0.15) is 27.7 Å². The molecule has 0 aliphatic carbocycles. The second-order valence-corrected chi connectivity index (χ2v) is 2.23. The molecule has 0 saturated heterocycles. The lowest BCUT2D eigenvalue weighted by atomic mass is 10.4. The molecule has 0 aromatic heterocycles. The summed E-state index contributed by atoms with van der Waals surface area (Å²) in [6.45, 7) is 8.17. The van der Waals surface area contributed by atoms with Gasteiger partial charge in [0.1, 0.15) is 0 Å². The van der Waals surface area contributed by atoms with Crippen LogP contribution in [0.3, 0.4) is 0 Å². The van der Waals surface area contributed by atoms with Gasteiger partial charge in [-0.15, -0.1) is 24.8 Å². The minimum atomic E-state index is 0. The summed E-state index contributed by atoms with van der Waals surface area (Å²) < 4.78 is 5.25. The molecule has 9 heavy (non-hydrogen) atoms. The van der Waals surface area contributed by atoms with Gasteiger partial charge in [0.2, 0.25) is 0 Å². The molecule has 0 amide bonds. The smallest absolute Gasteiger partial charge is 0.0522 e. The van der Waals surface area contributed by atoms with E-state index in [-0.39, 0.29) is 24.8 Å². The first-order valence-electron chi connectivity index (χ1n) is 2.78. The molecule has 0 aromatic carbocycles. The maximum atomic E-state index is 5.25. The number of hydrogen-bond acceptors (Lipinski definition) is 1. The summed E-state index contributed by atoms with van der Waals surface area (Å²) >= 11 is 0. The molecule has 0 atom stereocenters. The zero-order valence-corrected chi connectivity index (χ0v) is 8.01. The van der Waals surface area contributed by atoms with Crippen LogP contribution in [-0.2, 0) is 4.74 Å². The number of hydrogen-bond donors (Lipinski definition) is 0. The fraction of sp³-hybridized carbons (Fsp3) is 1.00. The fourth-order valence-electron chi connectivity index (χ4n) is 0.544. The molecular formula is C6H16Cl2O. The average Bonchev–Trinajstić information content (AvgIpc) is 1.27. The van der Waals surface area contributed by atoms with Crippen LogP contribution >= 0.6 is 24.8 Å². The largest absolute Gasteiger partial charge is 0.376 e. The Labute approximate surface area is 70.0 Å². The first-order chi connectivity index (χ1) is 3.13. The Balaban J connectivity index is -0.000000180. The maximum Gasteiger partial charge on any atom is 0.0522 e. The summed E-state index contributed by atoms with van der Waals surface area (Å²) in [7, 11) is 0. The van der Waals surface area contributed by atoms with Gasteiger partial charge in [0, 0.05) is 0 Å². The SMILES string of the molecule is CC(C)OC(C)C.Cl.Cl. The van der Waals surface area contributed by atoms with Gasteiger partial charge in [-0.2, -0.15) is 0 Å². The van der Waals surface area contributed by atoms with Crippen LogP contribution in [0.5, 0.6) is 0 Å². The molecule has 0 aromatic rings. The van der Waals surface area contributed by atoms with E-state index in [1.165, 1.54) is 0 Å². The minimum absolute atomic E-state index is 0. The minimum Gasteiger partial charge on any atom is -0.376 e. The summed E-state index contributed by atoms with van der Waals surface area (Å²) in [6, 6.07) is 0. The van der Waals surface area contributed by atoms with Crippen LogP contribution in [0.25, 0.3) is 0 Å². The third-order valence-corrected chi connectivity index (χ3v) is 0.544. The summed E-state index contributed by atoms with van der Waals surface area (Å²) in [5.41, 5.74) is 0. The monoisotopic (exact) mass is 174 g/mol. The Morgan fingerprint density at radius 1 is 0.778 bits per heavy atom. The quantitative estimate of drug-likeness (QED) is 0.626. The lowest BCUT2D eigenvalue weighted by Crippen LogP contribution is -2.09. The van der Waals surface area contributed by atoms with Gasteiger partial charge < -0.3 is 4.74 Å². The van der Waals surface area contributed by atoms with Crippen molar-refractivity contribution in [3.63, 3.8) is 0 Å². The van der Waals surface area contributed by atoms with Gasteiger partial charge in [0.25, 0.3) is 0 Å². The van der Waals surface area contributed by atoms with Gasteiger partial charge in [-0.1, -0.05) is 0 Å². The topological polar surface area (TPSA) is 9.23 Å². The molecular weight excluding hydrogens is 159 g/mol. The maximum absolute atomic E-state index is 5.25. The molecule has 0 N–H and O–H groups in total. The Kier molecular flexibility index (Phi) is 15.4. The van der Waals surface area contributed by atoms with Crippen LogP contribution < -0.4 is 0 Å². The van der Waals surface area contributed by atoms with E-state index in [1.54, 1.807) is 0 Å². The predicted octanol–water partition coefficient (Wildman–Crippen LogP) is 2.66. The van der Waals surface area contributed by atoms with Crippen molar-refractivity contribution in [1.82, 2.24) is 0 Å². The molecule has 0 spiro atoms. The van der Waals surface area contributed by atoms with Crippen LogP contribution in [0, 0.1) is 0 Å². The van der Waals surface area contributed by atoms with Crippen molar-refractivity contribution in [1.29, 1.82) is 0 Å². The van der Waals surface area contributed by atoms with Gasteiger partial charge in [-0.3, -0.25) is 0 Å². The molecule has 60 valence electrons. The summed E-state index contributed by atoms with van der Waals surface area (Å²) in [5, 5.41) is 0. The highest BCUT2D eigenvalue weighted by molar-refractivity contribution is 5.85. The second-order valence-electron chi connectivity index (χ2n) is 2.23. The molecule has 0 aliphatic rings. The molecule has 0 fully saturated rings. The van der Waals surface area contributed by atoms with E-state index in [0.29, 0.717) is 12.2 Å². The molecule has 0 unspecified atom stereocenters. The molecule has 0 saturated carbocycles. The van der Waals surface area contributed by atoms with Crippen molar-refractivity contribution < 1.29 is 4.74 Å². The first kappa shape index (κ1) is 16.3. The van der Waals surface area contributed by atoms with E-state index in [4.69, 9.17) is 4.74 Å². The molecule has 3 heteroatoms. The van der Waals surface area contributed by atoms with Crippen LogP contribution in [0.2, 0.25) is 0 Å². The Bertz CT molecular complexity index is 40.3. The summed E-state index contributed by atoms with van der Waals surface area (Å²) in [6.07, 6.45) is 0.750. The van der Waals surface area contributed by atoms with Crippen molar-refractivity contribution in [3.8, 4) is 0 Å². The zero-order valence-electron chi connectivity index (χ0n) is 6.38. The average molecular weight is 175 g/mol. The first-order valence-corrected chi connectivity index (χ1v) is 2.78. The van der Waals surface area contributed by atoms with Gasteiger partial charge in [0.05, 0.1) is 12.2 Å². The van der Waals surface area contributed by atoms with E-state index in [0.717, 1.165) is 0 Å². The van der Waals surface area contributed by atoms with Gasteiger partial charge in [0.15, 0.2) is 0 Å². The van der Waals surface area contributed by atoms with Gasteiger partial charge in [-0.25, -0.2) is 0 Å². The van der Waals surface area contributed by atoms with Crippen molar-refractivity contribution >= 4 is 24.8 Å². The highest BCUT2D eigenvalue weighted by Gasteiger charge is 1.94. The van der Waals surface area contributed by atoms with Gasteiger partial charge in [-0.05, 0) is 27.7 Å².